The Morgan fingerprint density at radius 3 is 2.53 bits per heavy atom. The number of nitrogens with zero attached hydrogens (tertiary/aromatic N) is 2. The molecule has 1 N–H and O–H groups in total. The Balaban J connectivity index is 1.62. The lowest BCUT2D eigenvalue weighted by atomic mass is 9.97. The molecular weight excluding hydrogens is 234 g/mol. The Morgan fingerprint density at radius 1 is 1.11 bits per heavy atom. The molecule has 2 aliphatic rings. The van der Waals surface area contributed by atoms with Crippen LogP contribution >= 0.6 is 0 Å². The number of rotatable bonds is 8. The van der Waals surface area contributed by atoms with E-state index in [2.05, 4.69) is 22.0 Å². The molecule has 112 valence electrons. The van der Waals surface area contributed by atoms with Crippen molar-refractivity contribution in [3.8, 4) is 0 Å². The van der Waals surface area contributed by atoms with E-state index in [0.29, 0.717) is 0 Å². The minimum Gasteiger partial charge on any atom is -0.317 e. The molecule has 0 spiro atoms. The highest BCUT2D eigenvalue weighted by Crippen LogP contribution is 2.14. The van der Waals surface area contributed by atoms with Gasteiger partial charge in [-0.05, 0) is 90.3 Å². The number of likely N-dealkylation sites (tertiary alicyclic amines) is 1. The average molecular weight is 267 g/mol. The zero-order valence-electron chi connectivity index (χ0n) is 12.9. The second kappa shape index (κ2) is 8.93. The molecule has 0 aromatic carbocycles. The van der Waals surface area contributed by atoms with Crippen molar-refractivity contribution >= 4 is 0 Å². The van der Waals surface area contributed by atoms with Crippen molar-refractivity contribution in [1.29, 1.82) is 0 Å². The van der Waals surface area contributed by atoms with Gasteiger partial charge in [-0.1, -0.05) is 6.92 Å². The molecule has 19 heavy (non-hydrogen) atoms. The van der Waals surface area contributed by atoms with Gasteiger partial charge in [0.25, 0.3) is 0 Å². The molecule has 3 heteroatoms. The summed E-state index contributed by atoms with van der Waals surface area (Å²) in [6, 6.07) is 0. The fraction of sp³-hybridized carbons (Fsp3) is 1.00. The summed E-state index contributed by atoms with van der Waals surface area (Å²) in [5.74, 6) is 0.944. The molecule has 0 saturated carbocycles. The molecule has 2 heterocycles. The molecule has 2 aliphatic heterocycles. The van der Waals surface area contributed by atoms with Crippen LogP contribution in [0.15, 0.2) is 0 Å². The second-order valence-corrected chi connectivity index (χ2v) is 6.40. The molecule has 0 radical (unpaired) electrons. The molecule has 0 aromatic heterocycles. The zero-order valence-corrected chi connectivity index (χ0v) is 12.9. The van der Waals surface area contributed by atoms with Crippen LogP contribution in [0.1, 0.15) is 45.4 Å². The summed E-state index contributed by atoms with van der Waals surface area (Å²) < 4.78 is 0. The number of hydrogen-bond donors (Lipinski definition) is 1. The van der Waals surface area contributed by atoms with Gasteiger partial charge in [-0.3, -0.25) is 0 Å². The first kappa shape index (κ1) is 15.3. The lowest BCUT2D eigenvalue weighted by Gasteiger charge is -2.30. The van der Waals surface area contributed by atoms with E-state index in [9.17, 15) is 0 Å². The second-order valence-electron chi connectivity index (χ2n) is 6.40. The Morgan fingerprint density at radius 2 is 1.84 bits per heavy atom. The van der Waals surface area contributed by atoms with Gasteiger partial charge in [0.15, 0.2) is 0 Å². The smallest absolute Gasteiger partial charge is 0.00106 e. The highest BCUT2D eigenvalue weighted by atomic mass is 15.2. The van der Waals surface area contributed by atoms with E-state index in [-0.39, 0.29) is 0 Å². The van der Waals surface area contributed by atoms with E-state index in [4.69, 9.17) is 0 Å². The predicted molar refractivity (Wildman–Crippen MR) is 82.6 cm³/mol. The molecule has 0 bridgehead atoms. The molecule has 0 amide bonds. The van der Waals surface area contributed by atoms with E-state index >= 15 is 0 Å². The number of piperidine rings is 1. The first-order valence-electron chi connectivity index (χ1n) is 8.54. The van der Waals surface area contributed by atoms with Gasteiger partial charge in [0.05, 0.1) is 0 Å². The first-order chi connectivity index (χ1) is 9.38. The molecule has 2 rings (SSSR count). The van der Waals surface area contributed by atoms with Crippen LogP contribution in [0.3, 0.4) is 0 Å². The zero-order chi connectivity index (χ0) is 13.3. The maximum absolute atomic E-state index is 3.48. The summed E-state index contributed by atoms with van der Waals surface area (Å²) in [6.07, 6.45) is 8.28. The molecule has 0 aromatic rings. The monoisotopic (exact) mass is 267 g/mol. The molecular formula is C16H33N3. The van der Waals surface area contributed by atoms with E-state index in [1.54, 1.807) is 0 Å². The van der Waals surface area contributed by atoms with E-state index in [1.165, 1.54) is 90.9 Å². The van der Waals surface area contributed by atoms with Gasteiger partial charge < -0.3 is 15.1 Å². The minimum atomic E-state index is 0.944. The van der Waals surface area contributed by atoms with Crippen molar-refractivity contribution in [3.05, 3.63) is 0 Å². The largest absolute Gasteiger partial charge is 0.317 e. The molecule has 0 aliphatic carbocycles. The summed E-state index contributed by atoms with van der Waals surface area (Å²) in [5, 5.41) is 3.48. The first-order valence-corrected chi connectivity index (χ1v) is 8.54. The highest BCUT2D eigenvalue weighted by molar-refractivity contribution is 4.73. The van der Waals surface area contributed by atoms with Crippen molar-refractivity contribution in [2.45, 2.75) is 45.4 Å². The predicted octanol–water partition coefficient (Wildman–Crippen LogP) is 2.18. The summed E-state index contributed by atoms with van der Waals surface area (Å²) >= 11 is 0. The van der Waals surface area contributed by atoms with Crippen LogP contribution in [0.25, 0.3) is 0 Å². The highest BCUT2D eigenvalue weighted by Gasteiger charge is 2.17. The summed E-state index contributed by atoms with van der Waals surface area (Å²) in [7, 11) is 0. The Bertz CT molecular complexity index is 220. The quantitative estimate of drug-likeness (QED) is 0.727. The van der Waals surface area contributed by atoms with Crippen LogP contribution in [0.2, 0.25) is 0 Å². The van der Waals surface area contributed by atoms with Crippen LogP contribution in [0.5, 0.6) is 0 Å². The molecule has 0 atom stereocenters. The van der Waals surface area contributed by atoms with Crippen molar-refractivity contribution in [1.82, 2.24) is 15.1 Å². The molecule has 2 fully saturated rings. The lowest BCUT2D eigenvalue weighted by molar-refractivity contribution is 0.194. The van der Waals surface area contributed by atoms with E-state index in [1.807, 2.05) is 0 Å². The van der Waals surface area contributed by atoms with Crippen molar-refractivity contribution in [2.24, 2.45) is 5.92 Å². The summed E-state index contributed by atoms with van der Waals surface area (Å²) in [4.78, 5) is 5.38. The SMILES string of the molecule is CCCN(CCCN1CCCC1)CC1CCNCC1. The molecule has 2 saturated heterocycles. The third-order valence-electron chi connectivity index (χ3n) is 4.66. The van der Waals surface area contributed by atoms with Gasteiger partial charge in [0.1, 0.15) is 0 Å². The molecule has 3 nitrogen and oxygen atoms in total. The Kier molecular flexibility index (Phi) is 7.18. The van der Waals surface area contributed by atoms with Gasteiger partial charge in [0, 0.05) is 6.54 Å². The van der Waals surface area contributed by atoms with Crippen LogP contribution in [-0.2, 0) is 0 Å². The normalized spacial score (nSPS) is 22.4. The van der Waals surface area contributed by atoms with Crippen LogP contribution < -0.4 is 5.32 Å². The maximum atomic E-state index is 3.48. The van der Waals surface area contributed by atoms with Gasteiger partial charge in [-0.15, -0.1) is 0 Å². The van der Waals surface area contributed by atoms with Crippen molar-refractivity contribution in [2.75, 3.05) is 52.4 Å². The van der Waals surface area contributed by atoms with Crippen molar-refractivity contribution < 1.29 is 0 Å². The molecule has 0 unspecified atom stereocenters. The summed E-state index contributed by atoms with van der Waals surface area (Å²) in [6.45, 7) is 12.8. The Hall–Kier alpha value is -0.120. The van der Waals surface area contributed by atoms with Gasteiger partial charge in [0.2, 0.25) is 0 Å². The topological polar surface area (TPSA) is 18.5 Å². The average Bonchev–Trinajstić information content (AvgIpc) is 2.93. The summed E-state index contributed by atoms with van der Waals surface area (Å²) in [5.41, 5.74) is 0. The van der Waals surface area contributed by atoms with Crippen molar-refractivity contribution in [3.63, 3.8) is 0 Å². The van der Waals surface area contributed by atoms with E-state index < -0.39 is 0 Å². The van der Waals surface area contributed by atoms with Crippen LogP contribution in [0.4, 0.5) is 0 Å². The standard InChI is InChI=1S/C16H33N3/c1-2-10-19(15-16-6-8-17-9-7-16)14-5-13-18-11-3-4-12-18/h16-17H,2-15H2,1H3. The lowest BCUT2D eigenvalue weighted by Crippen LogP contribution is -2.37. The van der Waals surface area contributed by atoms with Gasteiger partial charge in [-0.2, -0.15) is 0 Å². The fourth-order valence-electron chi connectivity index (χ4n) is 3.56. The van der Waals surface area contributed by atoms with E-state index in [0.717, 1.165) is 5.92 Å². The minimum absolute atomic E-state index is 0.944. The Labute approximate surface area is 119 Å². The van der Waals surface area contributed by atoms with Gasteiger partial charge >= 0.3 is 0 Å². The third kappa shape index (κ3) is 5.80. The fourth-order valence-corrected chi connectivity index (χ4v) is 3.56. The van der Waals surface area contributed by atoms with Crippen LogP contribution in [-0.4, -0.2) is 62.2 Å². The maximum Gasteiger partial charge on any atom is 0.00106 e. The third-order valence-corrected chi connectivity index (χ3v) is 4.66. The van der Waals surface area contributed by atoms with Crippen LogP contribution in [0, 0.1) is 5.92 Å². The number of hydrogen-bond acceptors (Lipinski definition) is 3. The van der Waals surface area contributed by atoms with Gasteiger partial charge in [-0.25, -0.2) is 0 Å². The number of nitrogens with one attached hydrogen (secondary N) is 1.